The number of aryl methyl sites for hydroxylation is 1. The minimum Gasteiger partial charge on any atom is -0.369 e. The van der Waals surface area contributed by atoms with Gasteiger partial charge in [0.25, 0.3) is 0 Å². The molecule has 0 spiro atoms. The number of carbonyl (C=O) groups excluding carboxylic acids is 1. The molecule has 2 N–H and O–H groups in total. The number of aromatic nitrogens is 3. The summed E-state index contributed by atoms with van der Waals surface area (Å²) in [6.07, 6.45) is 4.39. The number of nitrogens with one attached hydrogen (secondary N) is 2. The number of ketones is 1. The maximum Gasteiger partial charge on any atom is 0.214 e. The monoisotopic (exact) mass is 484 g/mol. The van der Waals surface area contributed by atoms with Crippen molar-refractivity contribution in [2.75, 3.05) is 18.4 Å². The second-order valence-electron chi connectivity index (χ2n) is 8.09. The van der Waals surface area contributed by atoms with Crippen molar-refractivity contribution in [2.45, 2.75) is 19.9 Å². The van der Waals surface area contributed by atoms with Crippen LogP contribution in [0, 0.1) is 18.3 Å². The van der Waals surface area contributed by atoms with E-state index in [0.29, 0.717) is 28.6 Å². The molecule has 0 unspecified atom stereocenters. The molecule has 0 radical (unpaired) electrons. The number of halogens is 1. The first-order valence-corrected chi connectivity index (χ1v) is 11.7. The van der Waals surface area contributed by atoms with E-state index in [1.54, 1.807) is 47.3 Å². The molecule has 0 aliphatic carbocycles. The normalized spacial score (nSPS) is 10.7. The Bertz CT molecular complexity index is 1330. The number of anilines is 1. The topological polar surface area (TPSA) is 95.6 Å². The van der Waals surface area contributed by atoms with Gasteiger partial charge >= 0.3 is 0 Å². The first kappa shape index (κ1) is 24.1. The highest BCUT2D eigenvalue weighted by molar-refractivity contribution is 6.30. The van der Waals surface area contributed by atoms with E-state index in [4.69, 9.17) is 11.6 Å². The van der Waals surface area contributed by atoms with Gasteiger partial charge in [0.05, 0.1) is 5.69 Å². The summed E-state index contributed by atoms with van der Waals surface area (Å²) in [6.45, 7) is 4.05. The van der Waals surface area contributed by atoms with Crippen LogP contribution in [0.4, 0.5) is 5.82 Å². The molecular formula is C27H25ClN6O. The van der Waals surface area contributed by atoms with E-state index >= 15 is 0 Å². The molecule has 0 aliphatic rings. The van der Waals surface area contributed by atoms with Crippen LogP contribution in [0.25, 0.3) is 5.69 Å². The fourth-order valence-electron chi connectivity index (χ4n) is 3.61. The third kappa shape index (κ3) is 5.93. The van der Waals surface area contributed by atoms with Crippen molar-refractivity contribution in [1.29, 1.82) is 5.26 Å². The van der Waals surface area contributed by atoms with Crippen molar-refractivity contribution in [3.63, 3.8) is 0 Å². The number of nitrogens with zero attached hydrogens (tertiary/aromatic N) is 4. The SMILES string of the molecule is Cc1ccc(C(=O)c2nn(-c3ccc(Cl)cc3)c(NCCCNCc3cccnc3)c2C#N)cc1. The Kier molecular flexibility index (Phi) is 7.88. The van der Waals surface area contributed by atoms with Crippen molar-refractivity contribution in [2.24, 2.45) is 0 Å². The lowest BCUT2D eigenvalue weighted by Gasteiger charge is -2.11. The second kappa shape index (κ2) is 11.4. The molecule has 2 aromatic carbocycles. The summed E-state index contributed by atoms with van der Waals surface area (Å²) in [6, 6.07) is 20.5. The molecule has 7 nitrogen and oxygen atoms in total. The van der Waals surface area contributed by atoms with Crippen molar-refractivity contribution in [3.8, 4) is 11.8 Å². The van der Waals surface area contributed by atoms with E-state index < -0.39 is 0 Å². The van der Waals surface area contributed by atoms with Crippen molar-refractivity contribution < 1.29 is 4.79 Å². The summed E-state index contributed by atoms with van der Waals surface area (Å²) in [5.74, 6) is 0.188. The van der Waals surface area contributed by atoms with Crippen molar-refractivity contribution in [3.05, 3.63) is 106 Å². The number of pyridine rings is 1. The summed E-state index contributed by atoms with van der Waals surface area (Å²) >= 11 is 6.06. The van der Waals surface area contributed by atoms with Crippen LogP contribution in [0.15, 0.2) is 73.1 Å². The quantitative estimate of drug-likeness (QED) is 0.245. The third-order valence-corrected chi connectivity index (χ3v) is 5.72. The van der Waals surface area contributed by atoms with Gasteiger partial charge in [0.15, 0.2) is 5.69 Å². The number of rotatable bonds is 10. The minimum absolute atomic E-state index is 0.114. The highest BCUT2D eigenvalue weighted by Crippen LogP contribution is 2.26. The van der Waals surface area contributed by atoms with Gasteiger partial charge in [-0.3, -0.25) is 9.78 Å². The summed E-state index contributed by atoms with van der Waals surface area (Å²) in [5.41, 5.74) is 3.68. The van der Waals surface area contributed by atoms with Crippen molar-refractivity contribution >= 4 is 23.2 Å². The fraction of sp³-hybridized carbons (Fsp3) is 0.185. The van der Waals surface area contributed by atoms with Crippen LogP contribution in [-0.2, 0) is 6.54 Å². The number of carbonyl (C=O) groups is 1. The van der Waals surface area contributed by atoms with Gasteiger partial charge in [-0.1, -0.05) is 47.5 Å². The van der Waals surface area contributed by atoms with E-state index in [9.17, 15) is 10.1 Å². The third-order valence-electron chi connectivity index (χ3n) is 5.47. The highest BCUT2D eigenvalue weighted by Gasteiger charge is 2.25. The van der Waals surface area contributed by atoms with Gasteiger partial charge in [0.1, 0.15) is 17.5 Å². The lowest BCUT2D eigenvalue weighted by Crippen LogP contribution is -2.18. The number of benzene rings is 2. The van der Waals surface area contributed by atoms with Crippen LogP contribution in [0.1, 0.15) is 39.2 Å². The van der Waals surface area contributed by atoms with Crippen LogP contribution in [-0.4, -0.2) is 33.6 Å². The number of hydrogen-bond acceptors (Lipinski definition) is 6. The van der Waals surface area contributed by atoms with Gasteiger partial charge < -0.3 is 10.6 Å². The van der Waals surface area contributed by atoms with Crippen LogP contribution in [0.5, 0.6) is 0 Å². The van der Waals surface area contributed by atoms with Gasteiger partial charge in [0.2, 0.25) is 5.78 Å². The maximum atomic E-state index is 13.2. The Labute approximate surface area is 209 Å². The summed E-state index contributed by atoms with van der Waals surface area (Å²) in [4.78, 5) is 17.4. The highest BCUT2D eigenvalue weighted by atomic mass is 35.5. The maximum absolute atomic E-state index is 13.2. The molecule has 2 heterocycles. The first-order valence-electron chi connectivity index (χ1n) is 11.3. The number of nitriles is 1. The van der Waals surface area contributed by atoms with Gasteiger partial charge in [-0.25, -0.2) is 4.68 Å². The fourth-order valence-corrected chi connectivity index (χ4v) is 3.74. The van der Waals surface area contributed by atoms with Gasteiger partial charge in [-0.15, -0.1) is 0 Å². The molecule has 8 heteroatoms. The lowest BCUT2D eigenvalue weighted by atomic mass is 10.0. The van der Waals surface area contributed by atoms with Crippen LogP contribution < -0.4 is 10.6 Å². The molecule has 4 rings (SSSR count). The zero-order chi connectivity index (χ0) is 24.6. The summed E-state index contributed by atoms with van der Waals surface area (Å²) in [7, 11) is 0. The van der Waals surface area contributed by atoms with Crippen LogP contribution in [0.3, 0.4) is 0 Å². The molecule has 0 atom stereocenters. The average Bonchev–Trinajstić information content (AvgIpc) is 3.25. The van der Waals surface area contributed by atoms with E-state index in [1.165, 1.54) is 0 Å². The molecule has 0 aliphatic heterocycles. The Morgan fingerprint density at radius 2 is 1.86 bits per heavy atom. The Morgan fingerprint density at radius 1 is 1.09 bits per heavy atom. The number of hydrogen-bond donors (Lipinski definition) is 2. The van der Waals surface area contributed by atoms with E-state index in [2.05, 4.69) is 26.8 Å². The zero-order valence-electron chi connectivity index (χ0n) is 19.3. The second-order valence-corrected chi connectivity index (χ2v) is 8.52. The van der Waals surface area contributed by atoms with Crippen LogP contribution >= 0.6 is 11.6 Å². The molecule has 0 amide bonds. The van der Waals surface area contributed by atoms with Gasteiger partial charge in [-0.05, 0) is 55.8 Å². The Balaban J connectivity index is 1.54. The first-order chi connectivity index (χ1) is 17.1. The largest absolute Gasteiger partial charge is 0.369 e. The molecular weight excluding hydrogens is 460 g/mol. The van der Waals surface area contributed by atoms with E-state index in [0.717, 1.165) is 30.6 Å². The molecule has 176 valence electrons. The Morgan fingerprint density at radius 3 is 2.54 bits per heavy atom. The zero-order valence-corrected chi connectivity index (χ0v) is 20.1. The predicted octanol–water partition coefficient (Wildman–Crippen LogP) is 4.92. The molecule has 35 heavy (non-hydrogen) atoms. The molecule has 0 saturated carbocycles. The molecule has 0 bridgehead atoms. The molecule has 2 aromatic heterocycles. The summed E-state index contributed by atoms with van der Waals surface area (Å²) < 4.78 is 1.60. The van der Waals surface area contributed by atoms with Crippen LogP contribution in [0.2, 0.25) is 5.02 Å². The average molecular weight is 485 g/mol. The predicted molar refractivity (Wildman–Crippen MR) is 137 cm³/mol. The smallest absolute Gasteiger partial charge is 0.214 e. The standard InChI is InChI=1S/C27H25ClN6O/c1-19-5-7-21(8-6-19)26(35)25-24(16-29)27(34(33-25)23-11-9-22(28)10-12-23)32-15-3-14-31-18-20-4-2-13-30-17-20/h2,4-13,17,31-32H,3,14-15,18H2,1H3. The van der Waals surface area contributed by atoms with E-state index in [-0.39, 0.29) is 17.0 Å². The Hall–Kier alpha value is -3.99. The minimum atomic E-state index is -0.296. The molecule has 0 fully saturated rings. The molecule has 4 aromatic rings. The summed E-state index contributed by atoms with van der Waals surface area (Å²) in [5, 5.41) is 21.8. The van der Waals surface area contributed by atoms with E-state index in [1.807, 2.05) is 37.4 Å². The van der Waals surface area contributed by atoms with Crippen molar-refractivity contribution in [1.82, 2.24) is 20.1 Å². The van der Waals surface area contributed by atoms with Gasteiger partial charge in [-0.2, -0.15) is 10.4 Å². The van der Waals surface area contributed by atoms with Gasteiger partial charge in [0, 0.05) is 36.1 Å². The molecule has 0 saturated heterocycles. The lowest BCUT2D eigenvalue weighted by molar-refractivity contribution is 0.103.